The molecule has 0 radical (unpaired) electrons. The second kappa shape index (κ2) is 7.56. The van der Waals surface area contributed by atoms with Gasteiger partial charge in [0, 0.05) is 34.2 Å². The molecule has 1 fully saturated rings. The quantitative estimate of drug-likeness (QED) is 0.601. The zero-order valence-corrected chi connectivity index (χ0v) is 17.5. The van der Waals surface area contributed by atoms with Gasteiger partial charge in [0.1, 0.15) is 11.6 Å². The van der Waals surface area contributed by atoms with E-state index in [9.17, 15) is 13.6 Å². The minimum Gasteiger partial charge on any atom is -0.434 e. The molecule has 168 valence electrons. The van der Waals surface area contributed by atoms with Gasteiger partial charge in [-0.3, -0.25) is 4.79 Å². The molecule has 33 heavy (non-hydrogen) atoms. The lowest BCUT2D eigenvalue weighted by molar-refractivity contribution is -0.0507. The van der Waals surface area contributed by atoms with Gasteiger partial charge >= 0.3 is 6.61 Å². The molecule has 2 aromatic carbocycles. The lowest BCUT2D eigenvalue weighted by Gasteiger charge is -2.24. The van der Waals surface area contributed by atoms with Crippen molar-refractivity contribution in [3.05, 3.63) is 58.9 Å². The number of alkyl halides is 2. The summed E-state index contributed by atoms with van der Waals surface area (Å²) in [6.07, 6.45) is 2.25. The zero-order valence-electron chi connectivity index (χ0n) is 20.5. The molecule has 6 rings (SSSR count). The number of amides is 1. The number of nitrogens with one attached hydrogen (secondary N) is 1. The molecule has 1 aromatic heterocycles. The van der Waals surface area contributed by atoms with Crippen LogP contribution in [0.2, 0.25) is 0 Å². The second-order valence-electron chi connectivity index (χ2n) is 8.50. The number of aromatic nitrogens is 2. The first-order chi connectivity index (χ1) is 17.2. The fourth-order valence-electron chi connectivity index (χ4n) is 5.16. The molecule has 3 aliphatic heterocycles. The smallest absolute Gasteiger partial charge is 0.387 e. The van der Waals surface area contributed by atoms with Crippen molar-refractivity contribution < 1.29 is 22.4 Å². The van der Waals surface area contributed by atoms with Gasteiger partial charge in [0.05, 0.1) is 29.2 Å². The maximum Gasteiger partial charge on any atom is 0.387 e. The first kappa shape index (κ1) is 17.1. The van der Waals surface area contributed by atoms with Crippen LogP contribution in [0.1, 0.15) is 62.8 Å². The van der Waals surface area contributed by atoms with Gasteiger partial charge in [0.25, 0.3) is 5.91 Å². The molecular formula is C25H22F2N4O2. The Morgan fingerprint density at radius 3 is 3.00 bits per heavy atom. The minimum absolute atomic E-state index is 0.0347. The molecule has 0 aliphatic carbocycles. The molecular weight excluding hydrogens is 426 g/mol. The number of benzene rings is 2. The van der Waals surface area contributed by atoms with Gasteiger partial charge in [-0.15, -0.1) is 0 Å². The van der Waals surface area contributed by atoms with E-state index in [0.717, 1.165) is 29.8 Å². The van der Waals surface area contributed by atoms with Gasteiger partial charge in [0.15, 0.2) is 0 Å². The molecule has 3 aliphatic rings. The van der Waals surface area contributed by atoms with Crippen LogP contribution in [0.3, 0.4) is 0 Å². The summed E-state index contributed by atoms with van der Waals surface area (Å²) in [5.41, 5.74) is 2.34. The van der Waals surface area contributed by atoms with Gasteiger partial charge in [0.2, 0.25) is 0 Å². The lowest BCUT2D eigenvalue weighted by atomic mass is 9.97. The highest BCUT2D eigenvalue weighted by atomic mass is 19.3. The average molecular weight is 451 g/mol. The van der Waals surface area contributed by atoms with Crippen molar-refractivity contribution in [3.8, 4) is 17.6 Å². The Morgan fingerprint density at radius 1 is 1.30 bits per heavy atom. The predicted molar refractivity (Wildman–Crippen MR) is 118 cm³/mol. The minimum atomic E-state index is -3.10. The molecule has 0 unspecified atom stereocenters. The van der Waals surface area contributed by atoms with Crippen LogP contribution in [-0.4, -0.2) is 46.5 Å². The number of hydrogen-bond acceptors (Lipinski definition) is 4. The second-order valence-corrected chi connectivity index (χ2v) is 8.50. The Labute approximate surface area is 193 Å². The number of hydrogen-bond donors (Lipinski definition) is 1. The summed E-state index contributed by atoms with van der Waals surface area (Å²) in [6.45, 7) is -4.92. The maximum atomic E-state index is 13.5. The lowest BCUT2D eigenvalue weighted by Crippen LogP contribution is -2.30. The molecule has 4 heterocycles. The van der Waals surface area contributed by atoms with Crippen LogP contribution in [0, 0.1) is 11.8 Å². The monoisotopic (exact) mass is 451 g/mol. The van der Waals surface area contributed by atoms with Crippen LogP contribution < -0.4 is 10.1 Å². The van der Waals surface area contributed by atoms with Crippen molar-refractivity contribution in [2.75, 3.05) is 13.5 Å². The molecule has 1 amide bonds. The summed E-state index contributed by atoms with van der Waals surface area (Å²) in [5.74, 6) is 5.93. The number of nitrogens with zero attached hydrogens (tertiary/aromatic N) is 3. The van der Waals surface area contributed by atoms with E-state index in [4.69, 9.17) is 8.85 Å². The Morgan fingerprint density at radius 2 is 2.21 bits per heavy atom. The van der Waals surface area contributed by atoms with E-state index in [0.29, 0.717) is 16.9 Å². The third-order valence-corrected chi connectivity index (χ3v) is 6.60. The molecule has 2 bridgehead atoms. The first-order valence-corrected chi connectivity index (χ1v) is 10.9. The Bertz CT molecular complexity index is 1440. The number of fused-ring (bicyclic) bond motifs is 9. The van der Waals surface area contributed by atoms with Crippen molar-refractivity contribution >= 4 is 16.9 Å². The van der Waals surface area contributed by atoms with E-state index in [1.54, 1.807) is 0 Å². The van der Waals surface area contributed by atoms with Gasteiger partial charge in [-0.25, -0.2) is 4.98 Å². The predicted octanol–water partition coefficient (Wildman–Crippen LogP) is 3.86. The standard InChI is InChI=1S/C25H22F2N4O2/c1-30-20-13-19(22-16(24(30)32)5-2-6-21(22)33-25(26)27)31-18-12-14(7-9-15-4-3-11-28-15)8-10-17(18)29-23(20)31/h2,5-6,8,10,12,15,19-20,25,28H,3-4,11,13H2,1H3/t15-,19-,20-/m1/s1/i1D3. The highest BCUT2D eigenvalue weighted by Crippen LogP contribution is 2.49. The summed E-state index contributed by atoms with van der Waals surface area (Å²) in [7, 11) is 0. The number of rotatable bonds is 2. The summed E-state index contributed by atoms with van der Waals surface area (Å²) in [4.78, 5) is 19.0. The summed E-state index contributed by atoms with van der Waals surface area (Å²) >= 11 is 0. The molecule has 1 N–H and O–H groups in total. The van der Waals surface area contributed by atoms with Crippen molar-refractivity contribution in [2.24, 2.45) is 0 Å². The van der Waals surface area contributed by atoms with Crippen LogP contribution >= 0.6 is 0 Å². The SMILES string of the molecule is [2H]C([2H])([2H])N1C(=O)c2cccc(OC(F)F)c2[C@H]2C[C@@H]1c1nc3ccc(C#C[C@H]4CCCN4)cc3n12. The van der Waals surface area contributed by atoms with Gasteiger partial charge in [-0.1, -0.05) is 17.9 Å². The van der Waals surface area contributed by atoms with Crippen molar-refractivity contribution in [2.45, 2.75) is 44.0 Å². The highest BCUT2D eigenvalue weighted by molar-refractivity contribution is 5.97. The fraction of sp³-hybridized carbons (Fsp3) is 0.360. The van der Waals surface area contributed by atoms with E-state index in [1.165, 1.54) is 18.2 Å². The van der Waals surface area contributed by atoms with Gasteiger partial charge < -0.3 is 19.5 Å². The zero-order chi connectivity index (χ0) is 25.2. The van der Waals surface area contributed by atoms with Gasteiger partial charge in [-0.2, -0.15) is 8.78 Å². The largest absolute Gasteiger partial charge is 0.434 e. The molecule has 1 saturated heterocycles. The normalized spacial score (nSPS) is 25.1. The maximum absolute atomic E-state index is 13.5. The van der Waals surface area contributed by atoms with Gasteiger partial charge in [-0.05, 0) is 49.7 Å². The molecule has 8 heteroatoms. The molecule has 3 aromatic rings. The number of carbonyl (C=O) groups excluding carboxylic acids is 1. The van der Waals surface area contributed by atoms with E-state index in [2.05, 4.69) is 22.1 Å². The number of ether oxygens (including phenoxy) is 1. The van der Waals surface area contributed by atoms with Crippen LogP contribution in [-0.2, 0) is 0 Å². The van der Waals surface area contributed by atoms with E-state index < -0.39 is 31.6 Å². The third-order valence-electron chi connectivity index (χ3n) is 6.60. The van der Waals surface area contributed by atoms with Crippen molar-refractivity contribution in [1.29, 1.82) is 0 Å². The van der Waals surface area contributed by atoms with Crippen LogP contribution in [0.15, 0.2) is 36.4 Å². The highest BCUT2D eigenvalue weighted by Gasteiger charge is 2.45. The number of halogens is 2. The van der Waals surface area contributed by atoms with Crippen LogP contribution in [0.4, 0.5) is 8.78 Å². The summed E-state index contributed by atoms with van der Waals surface area (Å²) < 4.78 is 57.5. The average Bonchev–Trinajstić information content (AvgIpc) is 3.51. The van der Waals surface area contributed by atoms with Crippen molar-refractivity contribution in [1.82, 2.24) is 19.8 Å². The molecule has 0 spiro atoms. The topological polar surface area (TPSA) is 59.4 Å². The fourth-order valence-corrected chi connectivity index (χ4v) is 5.16. The third kappa shape index (κ3) is 3.18. The molecule has 0 saturated carbocycles. The number of carbonyl (C=O) groups is 1. The summed E-state index contributed by atoms with van der Waals surface area (Å²) in [5, 5.41) is 3.34. The van der Waals surface area contributed by atoms with E-state index in [1.807, 2.05) is 22.8 Å². The van der Waals surface area contributed by atoms with Crippen LogP contribution in [0.25, 0.3) is 11.0 Å². The van der Waals surface area contributed by atoms with E-state index in [-0.39, 0.29) is 29.3 Å². The van der Waals surface area contributed by atoms with Crippen LogP contribution in [0.5, 0.6) is 5.75 Å². The number of imidazole rings is 1. The van der Waals surface area contributed by atoms with Crippen molar-refractivity contribution in [3.63, 3.8) is 0 Å². The molecule has 6 nitrogen and oxygen atoms in total. The molecule has 3 atom stereocenters. The Hall–Kier alpha value is -3.44. The Balaban J connectivity index is 1.56. The Kier molecular flexibility index (Phi) is 3.92. The summed E-state index contributed by atoms with van der Waals surface area (Å²) in [6, 6.07) is 8.46. The first-order valence-electron chi connectivity index (χ1n) is 12.4. The van der Waals surface area contributed by atoms with E-state index >= 15 is 0 Å².